The van der Waals surface area contributed by atoms with Crippen molar-refractivity contribution in [1.82, 2.24) is 28.9 Å². The first-order chi connectivity index (χ1) is 13.9. The van der Waals surface area contributed by atoms with Crippen molar-refractivity contribution in [2.24, 2.45) is 14.1 Å². The van der Waals surface area contributed by atoms with E-state index < -0.39 is 10.0 Å². The number of thioether (sulfide) groups is 1. The second-order valence-electron chi connectivity index (χ2n) is 6.70. The molecule has 0 N–H and O–H groups in total. The summed E-state index contributed by atoms with van der Waals surface area (Å²) in [5.74, 6) is 0.608. The molecule has 0 aliphatic carbocycles. The van der Waals surface area contributed by atoms with Crippen LogP contribution in [0, 0.1) is 11.3 Å². The summed E-state index contributed by atoms with van der Waals surface area (Å²) in [7, 11) is -0.0145. The van der Waals surface area contributed by atoms with Gasteiger partial charge in [0.15, 0.2) is 11.0 Å². The Labute approximate surface area is 173 Å². The fourth-order valence-electron chi connectivity index (χ4n) is 3.53. The summed E-state index contributed by atoms with van der Waals surface area (Å²) in [5.41, 5.74) is 2.78. The zero-order chi connectivity index (χ0) is 20.8. The third kappa shape index (κ3) is 3.23. The number of hydrogen-bond acceptors (Lipinski definition) is 7. The Morgan fingerprint density at radius 1 is 1.24 bits per heavy atom. The van der Waals surface area contributed by atoms with E-state index in [1.54, 1.807) is 16.8 Å². The van der Waals surface area contributed by atoms with Crippen LogP contribution >= 0.6 is 11.8 Å². The van der Waals surface area contributed by atoms with Crippen molar-refractivity contribution in [2.45, 2.75) is 23.0 Å². The van der Waals surface area contributed by atoms with Crippen LogP contribution in [0.5, 0.6) is 0 Å². The molecule has 0 radical (unpaired) electrons. The molecule has 9 nitrogen and oxygen atoms in total. The molecule has 29 heavy (non-hydrogen) atoms. The molecule has 150 valence electrons. The van der Waals surface area contributed by atoms with Crippen LogP contribution in [0.15, 0.2) is 34.3 Å². The van der Waals surface area contributed by atoms with Crippen molar-refractivity contribution in [3.63, 3.8) is 0 Å². The number of fused-ring (bicyclic) bond motifs is 1. The van der Waals surface area contributed by atoms with E-state index in [0.717, 1.165) is 16.4 Å². The third-order valence-corrected chi connectivity index (χ3v) is 7.60. The maximum Gasteiger partial charge on any atom is 0.243 e. The molecule has 3 aromatic rings. The molecule has 0 fully saturated rings. The zero-order valence-corrected chi connectivity index (χ0v) is 17.8. The average molecular weight is 430 g/mol. The van der Waals surface area contributed by atoms with Crippen molar-refractivity contribution in [2.75, 3.05) is 12.8 Å². The van der Waals surface area contributed by atoms with E-state index in [9.17, 15) is 8.42 Å². The Morgan fingerprint density at radius 2 is 2.03 bits per heavy atom. The maximum atomic E-state index is 13.2. The van der Waals surface area contributed by atoms with Gasteiger partial charge in [0.25, 0.3) is 0 Å². The van der Waals surface area contributed by atoms with Crippen molar-refractivity contribution < 1.29 is 8.42 Å². The van der Waals surface area contributed by atoms with Gasteiger partial charge in [-0.25, -0.2) is 8.42 Å². The SMILES string of the molecule is CSc1nnc(-c2nn(C)c3c2CN(S(=O)(=O)c2cccc(C#N)c2)CC3)n1C. The van der Waals surface area contributed by atoms with E-state index in [2.05, 4.69) is 15.3 Å². The summed E-state index contributed by atoms with van der Waals surface area (Å²) >= 11 is 1.48. The molecular formula is C18H19N7O2S2. The Morgan fingerprint density at radius 3 is 2.72 bits per heavy atom. The molecule has 4 rings (SSSR count). The highest BCUT2D eigenvalue weighted by Crippen LogP contribution is 2.32. The van der Waals surface area contributed by atoms with Crippen molar-refractivity contribution in [3.05, 3.63) is 41.1 Å². The number of aryl methyl sites for hydroxylation is 1. The second-order valence-corrected chi connectivity index (χ2v) is 9.41. The van der Waals surface area contributed by atoms with Gasteiger partial charge in [-0.15, -0.1) is 10.2 Å². The van der Waals surface area contributed by atoms with Gasteiger partial charge in [0.1, 0.15) is 5.69 Å². The van der Waals surface area contributed by atoms with Gasteiger partial charge in [0.2, 0.25) is 10.0 Å². The average Bonchev–Trinajstić information content (AvgIpc) is 3.26. The number of nitriles is 1. The van der Waals surface area contributed by atoms with Crippen LogP contribution in [0.2, 0.25) is 0 Å². The first kappa shape index (κ1) is 19.6. The van der Waals surface area contributed by atoms with Crippen molar-refractivity contribution in [1.29, 1.82) is 5.26 Å². The lowest BCUT2D eigenvalue weighted by molar-refractivity contribution is 0.386. The Bertz CT molecular complexity index is 1240. The monoisotopic (exact) mass is 429 g/mol. The lowest BCUT2D eigenvalue weighted by atomic mass is 10.1. The number of hydrogen-bond donors (Lipinski definition) is 0. The third-order valence-electron chi connectivity index (χ3n) is 5.04. The van der Waals surface area contributed by atoms with Gasteiger partial charge in [-0.05, 0) is 24.5 Å². The number of rotatable bonds is 4. The Hall–Kier alpha value is -2.68. The number of aromatic nitrogens is 5. The van der Waals surface area contributed by atoms with Crippen molar-refractivity contribution in [3.8, 4) is 17.6 Å². The van der Waals surface area contributed by atoms with Gasteiger partial charge >= 0.3 is 0 Å². The molecule has 0 amide bonds. The lowest BCUT2D eigenvalue weighted by Crippen LogP contribution is -2.36. The second kappa shape index (κ2) is 7.29. The molecule has 1 aromatic carbocycles. The van der Waals surface area contributed by atoms with E-state index in [4.69, 9.17) is 5.26 Å². The Balaban J connectivity index is 1.75. The topological polar surface area (TPSA) is 110 Å². The van der Waals surface area contributed by atoms with Gasteiger partial charge in [-0.2, -0.15) is 14.7 Å². The summed E-state index contributed by atoms with van der Waals surface area (Å²) < 4.78 is 31.5. The van der Waals surface area contributed by atoms with Gasteiger partial charge < -0.3 is 4.57 Å². The van der Waals surface area contributed by atoms with Gasteiger partial charge in [0.05, 0.1) is 16.5 Å². The molecular weight excluding hydrogens is 410 g/mol. The van der Waals surface area contributed by atoms with E-state index >= 15 is 0 Å². The van der Waals surface area contributed by atoms with Crippen LogP contribution < -0.4 is 0 Å². The number of benzene rings is 1. The van der Waals surface area contributed by atoms with Crippen LogP contribution in [0.3, 0.4) is 0 Å². The highest BCUT2D eigenvalue weighted by atomic mass is 32.2. The van der Waals surface area contributed by atoms with Crippen molar-refractivity contribution >= 4 is 21.8 Å². The largest absolute Gasteiger partial charge is 0.304 e. The van der Waals surface area contributed by atoms with E-state index in [1.807, 2.05) is 31.0 Å². The van der Waals surface area contributed by atoms with Gasteiger partial charge in [0, 0.05) is 44.9 Å². The number of sulfonamides is 1. The van der Waals surface area contributed by atoms with Gasteiger partial charge in [-0.3, -0.25) is 4.68 Å². The molecule has 0 bridgehead atoms. The van der Waals surface area contributed by atoms with Crippen LogP contribution in [-0.4, -0.2) is 50.1 Å². The predicted octanol–water partition coefficient (Wildman–Crippen LogP) is 1.56. The quantitative estimate of drug-likeness (QED) is 0.579. The molecule has 0 saturated heterocycles. The Kier molecular flexibility index (Phi) is 4.94. The molecule has 1 aliphatic rings. The van der Waals surface area contributed by atoms with Crippen LogP contribution in [-0.2, 0) is 37.1 Å². The normalized spacial score (nSPS) is 14.6. The highest BCUT2D eigenvalue weighted by Gasteiger charge is 2.33. The van der Waals surface area contributed by atoms with E-state index in [0.29, 0.717) is 30.0 Å². The van der Waals surface area contributed by atoms with Crippen LogP contribution in [0.4, 0.5) is 0 Å². The summed E-state index contributed by atoms with van der Waals surface area (Å²) in [6.45, 7) is 0.541. The summed E-state index contributed by atoms with van der Waals surface area (Å²) in [6.07, 6.45) is 2.47. The standard InChI is InChI=1S/C18H19N7O2S2/c1-23-17(20-21-18(23)28-3)16-14-11-25(8-7-15(14)24(2)22-16)29(26,27)13-6-4-5-12(9-13)10-19/h4-6,9H,7-8,11H2,1-3H3. The first-order valence-electron chi connectivity index (χ1n) is 8.85. The lowest BCUT2D eigenvalue weighted by Gasteiger charge is -2.27. The highest BCUT2D eigenvalue weighted by molar-refractivity contribution is 7.98. The summed E-state index contributed by atoms with van der Waals surface area (Å²) in [4.78, 5) is 0.119. The summed E-state index contributed by atoms with van der Waals surface area (Å²) in [6, 6.07) is 8.08. The minimum atomic E-state index is -3.74. The molecule has 11 heteroatoms. The first-order valence-corrected chi connectivity index (χ1v) is 11.5. The fourth-order valence-corrected chi connectivity index (χ4v) is 5.46. The van der Waals surface area contributed by atoms with E-state index in [-0.39, 0.29) is 11.4 Å². The molecule has 0 atom stereocenters. The summed E-state index contributed by atoms with van der Waals surface area (Å²) in [5, 5.41) is 22.9. The molecule has 1 aliphatic heterocycles. The van der Waals surface area contributed by atoms with E-state index in [1.165, 1.54) is 28.2 Å². The smallest absolute Gasteiger partial charge is 0.243 e. The zero-order valence-electron chi connectivity index (χ0n) is 16.2. The molecule has 0 saturated carbocycles. The molecule has 3 heterocycles. The fraction of sp³-hybridized carbons (Fsp3) is 0.333. The maximum absolute atomic E-state index is 13.2. The predicted molar refractivity (Wildman–Crippen MR) is 107 cm³/mol. The van der Waals surface area contributed by atoms with Gasteiger partial charge in [-0.1, -0.05) is 17.8 Å². The number of nitrogens with zero attached hydrogens (tertiary/aromatic N) is 7. The molecule has 0 spiro atoms. The minimum absolute atomic E-state index is 0.119. The van der Waals surface area contributed by atoms with Crippen LogP contribution in [0.25, 0.3) is 11.5 Å². The van der Waals surface area contributed by atoms with Crippen LogP contribution in [0.1, 0.15) is 16.8 Å². The molecule has 0 unspecified atom stereocenters. The minimum Gasteiger partial charge on any atom is -0.304 e. The molecule has 2 aromatic heterocycles.